The van der Waals surface area contributed by atoms with Gasteiger partial charge in [-0.2, -0.15) is 0 Å². The molecule has 3 nitrogen and oxygen atoms in total. The largest absolute Gasteiger partial charge is 0.487 e. The molecule has 2 N–H and O–H groups in total. The lowest BCUT2D eigenvalue weighted by Crippen LogP contribution is -2.45. The Hall–Kier alpha value is -1.68. The van der Waals surface area contributed by atoms with E-state index in [0.717, 1.165) is 49.3 Å². The Morgan fingerprint density at radius 3 is 2.71 bits per heavy atom. The fraction of sp³-hybridized carbons (Fsp3) is 0.550. The molecular weight excluding hydrogens is 303 g/mol. The van der Waals surface area contributed by atoms with E-state index in [4.69, 9.17) is 10.5 Å². The van der Waals surface area contributed by atoms with Gasteiger partial charge in [-0.15, -0.1) is 0 Å². The molecule has 0 radical (unpaired) electrons. The second-order valence-corrected chi connectivity index (χ2v) is 7.05. The van der Waals surface area contributed by atoms with Crippen LogP contribution in [-0.4, -0.2) is 17.1 Å². The quantitative estimate of drug-likeness (QED) is 0.854. The zero-order chi connectivity index (χ0) is 17.2. The number of nitrogens with two attached hydrogens (primary N) is 1. The molecule has 1 fully saturated rings. The number of ether oxygens (including phenoxy) is 1. The third-order valence-electron chi connectivity index (χ3n) is 5.84. The molecule has 2 aromatic rings. The van der Waals surface area contributed by atoms with Crippen LogP contribution in [0.5, 0.6) is 5.75 Å². The number of benzene rings is 1. The van der Waals surface area contributed by atoms with Gasteiger partial charge >= 0.3 is 0 Å². The maximum Gasteiger partial charge on any atom is 0.165 e. The molecule has 0 aliphatic heterocycles. The molecule has 1 saturated carbocycles. The van der Waals surface area contributed by atoms with E-state index in [0.29, 0.717) is 5.75 Å². The molecule has 24 heavy (non-hydrogen) atoms. The van der Waals surface area contributed by atoms with Crippen molar-refractivity contribution in [3.8, 4) is 5.75 Å². The Morgan fingerprint density at radius 1 is 1.29 bits per heavy atom. The van der Waals surface area contributed by atoms with Gasteiger partial charge in [0.2, 0.25) is 0 Å². The zero-order valence-electron chi connectivity index (χ0n) is 14.6. The number of nitrogens with zero attached hydrogens (tertiary/aromatic N) is 1. The van der Waals surface area contributed by atoms with Gasteiger partial charge < -0.3 is 10.5 Å². The Balaban J connectivity index is 1.71. The van der Waals surface area contributed by atoms with Crippen LogP contribution >= 0.6 is 0 Å². The molecule has 1 aliphatic carbocycles. The summed E-state index contributed by atoms with van der Waals surface area (Å²) in [4.78, 5) is 4.03. The SMILES string of the molecule is CC[C@H](N)[C@]1(CC)CC[C@H](Oc2cc3ccncc3cc2F)CC1. The summed E-state index contributed by atoms with van der Waals surface area (Å²) in [5.74, 6) is 0.0376. The topological polar surface area (TPSA) is 48.1 Å². The number of rotatable bonds is 5. The Bertz CT molecular complexity index is 695. The minimum absolute atomic E-state index is 0.0718. The lowest BCUT2D eigenvalue weighted by molar-refractivity contribution is 0.0549. The van der Waals surface area contributed by atoms with Crippen molar-refractivity contribution in [1.82, 2.24) is 4.98 Å². The van der Waals surface area contributed by atoms with Crippen molar-refractivity contribution in [3.05, 3.63) is 36.4 Å². The summed E-state index contributed by atoms with van der Waals surface area (Å²) in [6, 6.07) is 5.41. The molecule has 130 valence electrons. The van der Waals surface area contributed by atoms with Gasteiger partial charge in [0.15, 0.2) is 11.6 Å². The lowest BCUT2D eigenvalue weighted by atomic mass is 9.66. The maximum absolute atomic E-state index is 14.3. The van der Waals surface area contributed by atoms with E-state index < -0.39 is 0 Å². The minimum Gasteiger partial charge on any atom is -0.487 e. The molecule has 0 spiro atoms. The van der Waals surface area contributed by atoms with Crippen LogP contribution in [0.2, 0.25) is 0 Å². The number of pyridine rings is 1. The number of hydrogen-bond donors (Lipinski definition) is 1. The fourth-order valence-corrected chi connectivity index (χ4v) is 4.06. The average Bonchev–Trinajstić information content (AvgIpc) is 2.62. The van der Waals surface area contributed by atoms with E-state index in [1.807, 2.05) is 6.07 Å². The van der Waals surface area contributed by atoms with Gasteiger partial charge in [-0.1, -0.05) is 13.8 Å². The van der Waals surface area contributed by atoms with Gasteiger partial charge in [-0.05, 0) is 67.5 Å². The molecular formula is C20H27FN2O. The van der Waals surface area contributed by atoms with Crippen LogP contribution in [0, 0.1) is 11.2 Å². The van der Waals surface area contributed by atoms with Crippen LogP contribution < -0.4 is 10.5 Å². The molecule has 0 bridgehead atoms. The van der Waals surface area contributed by atoms with Crippen molar-refractivity contribution in [2.75, 3.05) is 0 Å². The fourth-order valence-electron chi connectivity index (χ4n) is 4.06. The molecule has 1 heterocycles. The zero-order valence-corrected chi connectivity index (χ0v) is 14.6. The van der Waals surface area contributed by atoms with Gasteiger partial charge in [0.05, 0.1) is 6.10 Å². The van der Waals surface area contributed by atoms with E-state index in [2.05, 4.69) is 18.8 Å². The summed E-state index contributed by atoms with van der Waals surface area (Å²) < 4.78 is 20.3. The van der Waals surface area contributed by atoms with Crippen LogP contribution in [0.3, 0.4) is 0 Å². The third kappa shape index (κ3) is 3.25. The minimum atomic E-state index is -0.312. The van der Waals surface area contributed by atoms with Crippen LogP contribution in [0.25, 0.3) is 10.8 Å². The number of hydrogen-bond acceptors (Lipinski definition) is 3. The van der Waals surface area contributed by atoms with Crippen molar-refractivity contribution in [3.63, 3.8) is 0 Å². The first-order chi connectivity index (χ1) is 11.6. The average molecular weight is 330 g/mol. The van der Waals surface area contributed by atoms with Gasteiger partial charge in [0.25, 0.3) is 0 Å². The highest BCUT2D eigenvalue weighted by atomic mass is 19.1. The van der Waals surface area contributed by atoms with Gasteiger partial charge in [0, 0.05) is 23.8 Å². The number of aromatic nitrogens is 1. The maximum atomic E-state index is 14.3. The summed E-state index contributed by atoms with van der Waals surface area (Å²) >= 11 is 0. The third-order valence-corrected chi connectivity index (χ3v) is 5.84. The van der Waals surface area contributed by atoms with Crippen LogP contribution in [0.15, 0.2) is 30.6 Å². The predicted octanol–water partition coefficient (Wildman–Crippen LogP) is 4.83. The highest BCUT2D eigenvalue weighted by Gasteiger charge is 2.38. The van der Waals surface area contributed by atoms with Crippen molar-refractivity contribution in [1.29, 1.82) is 0 Å². The van der Waals surface area contributed by atoms with E-state index in [9.17, 15) is 4.39 Å². The van der Waals surface area contributed by atoms with E-state index in [1.54, 1.807) is 18.5 Å². The second kappa shape index (κ2) is 7.06. The van der Waals surface area contributed by atoms with Gasteiger partial charge in [-0.3, -0.25) is 4.98 Å². The van der Waals surface area contributed by atoms with Crippen molar-refractivity contribution in [2.45, 2.75) is 64.5 Å². The second-order valence-electron chi connectivity index (χ2n) is 7.05. The molecule has 3 rings (SSSR count). The Morgan fingerprint density at radius 2 is 2.04 bits per heavy atom. The van der Waals surface area contributed by atoms with Crippen LogP contribution in [-0.2, 0) is 0 Å². The molecule has 1 aromatic carbocycles. The summed E-state index contributed by atoms with van der Waals surface area (Å²) in [6.07, 6.45) is 9.56. The summed E-state index contributed by atoms with van der Waals surface area (Å²) in [5, 5.41) is 1.75. The van der Waals surface area contributed by atoms with Crippen LogP contribution in [0.1, 0.15) is 52.4 Å². The van der Waals surface area contributed by atoms with Crippen molar-refractivity contribution in [2.24, 2.45) is 11.1 Å². The predicted molar refractivity (Wildman–Crippen MR) is 95.6 cm³/mol. The first kappa shape index (κ1) is 17.2. The normalized spacial score (nSPS) is 25.6. The smallest absolute Gasteiger partial charge is 0.165 e. The molecule has 0 amide bonds. The lowest BCUT2D eigenvalue weighted by Gasteiger charge is -2.43. The van der Waals surface area contributed by atoms with Gasteiger partial charge in [0.1, 0.15) is 0 Å². The Labute approximate surface area is 143 Å². The molecule has 4 heteroatoms. The summed E-state index contributed by atoms with van der Waals surface area (Å²) in [5.41, 5.74) is 6.60. The van der Waals surface area contributed by atoms with Gasteiger partial charge in [-0.25, -0.2) is 4.39 Å². The molecule has 1 aromatic heterocycles. The van der Waals surface area contributed by atoms with Crippen molar-refractivity contribution < 1.29 is 9.13 Å². The first-order valence-electron chi connectivity index (χ1n) is 9.03. The number of halogens is 1. The first-order valence-corrected chi connectivity index (χ1v) is 9.03. The van der Waals surface area contributed by atoms with Crippen molar-refractivity contribution >= 4 is 10.8 Å². The molecule has 0 unspecified atom stereocenters. The highest BCUT2D eigenvalue weighted by molar-refractivity contribution is 5.83. The van der Waals surface area contributed by atoms with E-state index in [1.165, 1.54) is 6.07 Å². The highest BCUT2D eigenvalue weighted by Crippen LogP contribution is 2.43. The van der Waals surface area contributed by atoms with E-state index >= 15 is 0 Å². The summed E-state index contributed by atoms with van der Waals surface area (Å²) in [7, 11) is 0. The monoisotopic (exact) mass is 330 g/mol. The van der Waals surface area contributed by atoms with Crippen LogP contribution in [0.4, 0.5) is 4.39 Å². The summed E-state index contributed by atoms with van der Waals surface area (Å²) in [6.45, 7) is 4.39. The molecule has 0 saturated heterocycles. The molecule has 1 aliphatic rings. The molecule has 1 atom stereocenters. The van der Waals surface area contributed by atoms with E-state index in [-0.39, 0.29) is 23.4 Å². The number of fused-ring (bicyclic) bond motifs is 1. The Kier molecular flexibility index (Phi) is 5.04. The standard InChI is InChI=1S/C20H27FN2O/c1-3-19(22)20(4-2)8-5-16(6-9-20)24-18-12-14-7-10-23-13-15(14)11-17(18)21/h7,10-13,16,19H,3-6,8-9,22H2,1-2H3/t16-,19-,20+/m0/s1.